The lowest BCUT2D eigenvalue weighted by molar-refractivity contribution is -0.194. The topological polar surface area (TPSA) is 88.1 Å². The molecule has 0 spiro atoms. The van der Waals surface area contributed by atoms with Gasteiger partial charge in [-0.3, -0.25) is 14.4 Å². The normalized spacial score (nSPS) is 30.7. The summed E-state index contributed by atoms with van der Waals surface area (Å²) < 4.78 is 20.2. The summed E-state index contributed by atoms with van der Waals surface area (Å²) in [6.45, 7) is 5.28. The highest BCUT2D eigenvalue weighted by atomic mass is 16.7. The van der Waals surface area contributed by atoms with Gasteiger partial charge in [0.1, 0.15) is 0 Å². The zero-order valence-corrected chi connectivity index (χ0v) is 10.7. The van der Waals surface area contributed by atoms with Gasteiger partial charge in [0, 0.05) is 20.8 Å². The van der Waals surface area contributed by atoms with Crippen LogP contribution in [0.5, 0.6) is 0 Å². The van der Waals surface area contributed by atoms with Gasteiger partial charge in [-0.15, -0.1) is 0 Å². The second-order valence-corrected chi connectivity index (χ2v) is 3.97. The number of hydrogen-bond donors (Lipinski definition) is 0. The van der Waals surface area contributed by atoms with Crippen LogP contribution in [0.4, 0.5) is 0 Å². The number of carbonyl (C=O) groups excluding carboxylic acids is 3. The fraction of sp³-hybridized carbons (Fsp3) is 0.727. The number of hydrogen-bond acceptors (Lipinski definition) is 7. The van der Waals surface area contributed by atoms with E-state index in [0.717, 1.165) is 0 Å². The fourth-order valence-electron chi connectivity index (χ4n) is 1.72. The zero-order chi connectivity index (χ0) is 13.9. The summed E-state index contributed by atoms with van der Waals surface area (Å²) in [4.78, 5) is 32.9. The molecule has 0 aliphatic carbocycles. The summed E-state index contributed by atoms with van der Waals surface area (Å²) in [5.41, 5.74) is 0. The fourth-order valence-corrected chi connectivity index (χ4v) is 1.72. The molecule has 1 fully saturated rings. The molecule has 0 saturated carbocycles. The number of esters is 3. The molecule has 4 atom stereocenters. The molecule has 1 rings (SSSR count). The van der Waals surface area contributed by atoms with E-state index in [9.17, 15) is 14.4 Å². The third-order valence-electron chi connectivity index (χ3n) is 2.29. The Morgan fingerprint density at radius 3 is 1.72 bits per heavy atom. The van der Waals surface area contributed by atoms with Crippen LogP contribution < -0.4 is 0 Å². The van der Waals surface area contributed by atoms with Crippen LogP contribution in [0, 0.1) is 0 Å². The summed E-state index contributed by atoms with van der Waals surface area (Å²) in [7, 11) is 0. The molecule has 0 N–H and O–H groups in total. The summed E-state index contributed by atoms with van der Waals surface area (Å²) in [6, 6.07) is 0. The molecule has 1 heterocycles. The molecule has 102 valence electrons. The van der Waals surface area contributed by atoms with E-state index in [0.29, 0.717) is 0 Å². The summed E-state index contributed by atoms with van der Waals surface area (Å²) in [6.07, 6.45) is -3.35. The van der Waals surface area contributed by atoms with Crippen molar-refractivity contribution < 1.29 is 33.3 Å². The lowest BCUT2D eigenvalue weighted by Crippen LogP contribution is -2.40. The van der Waals surface area contributed by atoms with Crippen LogP contribution in [0.15, 0.2) is 0 Å². The van der Waals surface area contributed by atoms with E-state index < -0.39 is 42.5 Å². The molecule has 0 radical (unpaired) electrons. The van der Waals surface area contributed by atoms with Crippen molar-refractivity contribution in [2.24, 2.45) is 0 Å². The van der Waals surface area contributed by atoms with E-state index in [-0.39, 0.29) is 0 Å². The summed E-state index contributed by atoms with van der Waals surface area (Å²) in [5.74, 6) is -1.68. The summed E-state index contributed by atoms with van der Waals surface area (Å²) in [5, 5.41) is 0. The van der Waals surface area contributed by atoms with Crippen molar-refractivity contribution in [3.63, 3.8) is 0 Å². The largest absolute Gasteiger partial charge is 0.456 e. The Kier molecular flexibility index (Phi) is 4.66. The molecule has 18 heavy (non-hydrogen) atoms. The molecular formula is C11H16O7. The van der Waals surface area contributed by atoms with Crippen LogP contribution in [0.2, 0.25) is 0 Å². The Bertz CT molecular complexity index is 351. The Balaban J connectivity index is 2.83. The van der Waals surface area contributed by atoms with Gasteiger partial charge in [-0.2, -0.15) is 0 Å². The molecular weight excluding hydrogens is 244 g/mol. The van der Waals surface area contributed by atoms with E-state index >= 15 is 0 Å². The van der Waals surface area contributed by atoms with Crippen LogP contribution in [-0.4, -0.2) is 42.5 Å². The molecule has 0 bridgehead atoms. The van der Waals surface area contributed by atoms with Gasteiger partial charge >= 0.3 is 17.9 Å². The van der Waals surface area contributed by atoms with Gasteiger partial charge in [0.05, 0.1) is 6.10 Å². The predicted octanol–water partition coefficient (Wildman–Crippen LogP) is 0.158. The van der Waals surface area contributed by atoms with Crippen molar-refractivity contribution in [1.82, 2.24) is 0 Å². The van der Waals surface area contributed by atoms with Gasteiger partial charge in [0.25, 0.3) is 0 Å². The van der Waals surface area contributed by atoms with Crippen molar-refractivity contribution in [2.75, 3.05) is 0 Å². The van der Waals surface area contributed by atoms with Crippen molar-refractivity contribution in [2.45, 2.75) is 52.3 Å². The highest BCUT2D eigenvalue weighted by molar-refractivity contribution is 5.68. The monoisotopic (exact) mass is 260 g/mol. The number of rotatable bonds is 3. The zero-order valence-electron chi connectivity index (χ0n) is 10.7. The molecule has 7 heteroatoms. The van der Waals surface area contributed by atoms with Crippen molar-refractivity contribution >= 4 is 17.9 Å². The first kappa shape index (κ1) is 14.4. The van der Waals surface area contributed by atoms with Gasteiger partial charge in [0.15, 0.2) is 6.10 Å². The minimum atomic E-state index is -1.06. The van der Waals surface area contributed by atoms with Gasteiger partial charge < -0.3 is 18.9 Å². The molecule has 0 aromatic heterocycles. The average Bonchev–Trinajstić information content (AvgIpc) is 2.43. The second-order valence-electron chi connectivity index (χ2n) is 3.97. The van der Waals surface area contributed by atoms with Gasteiger partial charge in [-0.1, -0.05) is 0 Å². The predicted molar refractivity (Wildman–Crippen MR) is 57.2 cm³/mol. The highest BCUT2D eigenvalue weighted by Crippen LogP contribution is 2.27. The molecule has 0 aromatic carbocycles. The van der Waals surface area contributed by atoms with E-state index in [2.05, 4.69) is 0 Å². The quantitative estimate of drug-likeness (QED) is 0.527. The highest BCUT2D eigenvalue weighted by Gasteiger charge is 2.49. The van der Waals surface area contributed by atoms with Crippen LogP contribution in [0.25, 0.3) is 0 Å². The maximum atomic E-state index is 11.0. The third-order valence-corrected chi connectivity index (χ3v) is 2.29. The Hall–Kier alpha value is -1.63. The first-order chi connectivity index (χ1) is 8.31. The minimum Gasteiger partial charge on any atom is -0.456 e. The molecule has 0 unspecified atom stereocenters. The van der Waals surface area contributed by atoms with E-state index in [4.69, 9.17) is 18.9 Å². The third kappa shape index (κ3) is 3.69. The van der Waals surface area contributed by atoms with Crippen LogP contribution in [-0.2, 0) is 33.3 Å². The first-order valence-electron chi connectivity index (χ1n) is 5.48. The second kappa shape index (κ2) is 5.81. The van der Waals surface area contributed by atoms with E-state index in [1.807, 2.05) is 0 Å². The average molecular weight is 260 g/mol. The van der Waals surface area contributed by atoms with Crippen LogP contribution in [0.1, 0.15) is 27.7 Å². The Morgan fingerprint density at radius 1 is 0.833 bits per heavy atom. The van der Waals surface area contributed by atoms with Gasteiger partial charge in [-0.05, 0) is 6.92 Å². The van der Waals surface area contributed by atoms with Crippen molar-refractivity contribution in [1.29, 1.82) is 0 Å². The molecule has 1 aliphatic rings. The molecule has 0 amide bonds. The maximum Gasteiger partial charge on any atom is 0.305 e. The van der Waals surface area contributed by atoms with Crippen LogP contribution in [0.3, 0.4) is 0 Å². The molecule has 0 aromatic rings. The standard InChI is InChI=1S/C11H16O7/c1-5-9(16-6(2)12)10(17-7(3)13)11(15-5)18-8(4)14/h5,9-11H,1-4H3/t5-,9-,10-,11+/m0/s1. The molecule has 7 nitrogen and oxygen atoms in total. The Labute approximate surface area is 104 Å². The Morgan fingerprint density at radius 2 is 1.28 bits per heavy atom. The summed E-state index contributed by atoms with van der Waals surface area (Å²) >= 11 is 0. The molecule has 1 saturated heterocycles. The first-order valence-corrected chi connectivity index (χ1v) is 5.48. The van der Waals surface area contributed by atoms with E-state index in [1.54, 1.807) is 6.92 Å². The number of carbonyl (C=O) groups is 3. The number of ether oxygens (including phenoxy) is 4. The van der Waals surface area contributed by atoms with E-state index in [1.165, 1.54) is 20.8 Å². The molecule has 1 aliphatic heterocycles. The smallest absolute Gasteiger partial charge is 0.305 e. The van der Waals surface area contributed by atoms with Gasteiger partial charge in [0.2, 0.25) is 12.4 Å². The lowest BCUT2D eigenvalue weighted by Gasteiger charge is -2.22. The minimum absolute atomic E-state index is 0.531. The maximum absolute atomic E-state index is 11.0. The lowest BCUT2D eigenvalue weighted by atomic mass is 10.1. The SMILES string of the molecule is CC(=O)O[C@H]1O[C@@H](C)[C@H](OC(C)=O)[C@@H]1OC(C)=O. The van der Waals surface area contributed by atoms with Gasteiger partial charge in [-0.25, -0.2) is 0 Å². The van der Waals surface area contributed by atoms with Crippen molar-refractivity contribution in [3.05, 3.63) is 0 Å². The van der Waals surface area contributed by atoms with Crippen molar-refractivity contribution in [3.8, 4) is 0 Å². The van der Waals surface area contributed by atoms with Crippen LogP contribution >= 0.6 is 0 Å².